The Kier molecular flexibility index (Phi) is 3.00. The number of benzene rings is 1. The lowest BCUT2D eigenvalue weighted by molar-refractivity contribution is 0.0960. The molecule has 1 spiro atoms. The molecule has 0 bridgehead atoms. The number of fused-ring (bicyclic) bond motifs is 2. The number of hydrogen-bond donors (Lipinski definition) is 0. The van der Waals surface area contributed by atoms with Crippen LogP contribution in [0.25, 0.3) is 0 Å². The first-order valence-electron chi connectivity index (χ1n) is 7.00. The SMILES string of the molecule is COc1cc(OC)c2c(c1)C1(CCCCC1)CC2=O. The van der Waals surface area contributed by atoms with Crippen LogP contribution in [-0.4, -0.2) is 20.0 Å². The molecule has 0 aliphatic heterocycles. The summed E-state index contributed by atoms with van der Waals surface area (Å²) in [5.74, 6) is 1.69. The maximum atomic E-state index is 12.4. The molecule has 1 saturated carbocycles. The second kappa shape index (κ2) is 4.55. The molecule has 0 amide bonds. The molecule has 0 radical (unpaired) electrons. The fourth-order valence-electron chi connectivity index (χ4n) is 3.74. The van der Waals surface area contributed by atoms with E-state index in [1.807, 2.05) is 12.1 Å². The molecular formula is C16H20O3. The lowest BCUT2D eigenvalue weighted by atomic mass is 9.70. The Labute approximate surface area is 113 Å². The van der Waals surface area contributed by atoms with Crippen LogP contribution in [0.15, 0.2) is 12.1 Å². The van der Waals surface area contributed by atoms with Gasteiger partial charge in [-0.25, -0.2) is 0 Å². The summed E-state index contributed by atoms with van der Waals surface area (Å²) in [5.41, 5.74) is 2.01. The van der Waals surface area contributed by atoms with Crippen LogP contribution >= 0.6 is 0 Å². The van der Waals surface area contributed by atoms with Crippen molar-refractivity contribution >= 4 is 5.78 Å². The fraction of sp³-hybridized carbons (Fsp3) is 0.562. The van der Waals surface area contributed by atoms with Gasteiger partial charge in [0, 0.05) is 17.9 Å². The van der Waals surface area contributed by atoms with Gasteiger partial charge < -0.3 is 9.47 Å². The Balaban J connectivity index is 2.17. The molecule has 0 heterocycles. The van der Waals surface area contributed by atoms with E-state index in [1.54, 1.807) is 14.2 Å². The van der Waals surface area contributed by atoms with Crippen molar-refractivity contribution in [3.63, 3.8) is 0 Å². The van der Waals surface area contributed by atoms with Gasteiger partial charge in [-0.3, -0.25) is 4.79 Å². The van der Waals surface area contributed by atoms with Crippen LogP contribution in [0.5, 0.6) is 11.5 Å². The molecule has 3 rings (SSSR count). The predicted octanol–water partition coefficient (Wildman–Crippen LogP) is 3.49. The number of hydrogen-bond acceptors (Lipinski definition) is 3. The summed E-state index contributed by atoms with van der Waals surface area (Å²) in [5, 5.41) is 0. The van der Waals surface area contributed by atoms with Crippen molar-refractivity contribution in [2.24, 2.45) is 0 Å². The first-order chi connectivity index (χ1) is 9.20. The average Bonchev–Trinajstić information content (AvgIpc) is 2.71. The monoisotopic (exact) mass is 260 g/mol. The van der Waals surface area contributed by atoms with Gasteiger partial charge in [-0.1, -0.05) is 19.3 Å². The molecule has 0 aromatic heterocycles. The second-order valence-corrected chi connectivity index (χ2v) is 5.69. The first kappa shape index (κ1) is 12.5. The Bertz CT molecular complexity index is 513. The van der Waals surface area contributed by atoms with Gasteiger partial charge in [0.25, 0.3) is 0 Å². The van der Waals surface area contributed by atoms with Crippen molar-refractivity contribution in [2.45, 2.75) is 43.9 Å². The minimum Gasteiger partial charge on any atom is -0.497 e. The van der Waals surface area contributed by atoms with E-state index in [1.165, 1.54) is 19.3 Å². The van der Waals surface area contributed by atoms with Crippen LogP contribution in [0, 0.1) is 0 Å². The summed E-state index contributed by atoms with van der Waals surface area (Å²) >= 11 is 0. The summed E-state index contributed by atoms with van der Waals surface area (Å²) in [7, 11) is 3.28. The van der Waals surface area contributed by atoms with E-state index >= 15 is 0 Å². The number of ether oxygens (including phenoxy) is 2. The van der Waals surface area contributed by atoms with E-state index in [4.69, 9.17) is 9.47 Å². The highest BCUT2D eigenvalue weighted by molar-refractivity contribution is 6.05. The smallest absolute Gasteiger partial charge is 0.167 e. The quantitative estimate of drug-likeness (QED) is 0.816. The van der Waals surface area contributed by atoms with Crippen molar-refractivity contribution in [1.29, 1.82) is 0 Å². The van der Waals surface area contributed by atoms with Gasteiger partial charge in [-0.05, 0) is 24.5 Å². The lowest BCUT2D eigenvalue weighted by Gasteiger charge is -2.34. The third-order valence-corrected chi connectivity index (χ3v) is 4.69. The molecular weight excluding hydrogens is 240 g/mol. The Morgan fingerprint density at radius 1 is 1.05 bits per heavy atom. The van der Waals surface area contributed by atoms with Gasteiger partial charge in [0.1, 0.15) is 11.5 Å². The van der Waals surface area contributed by atoms with E-state index in [-0.39, 0.29) is 11.2 Å². The number of carbonyl (C=O) groups excluding carboxylic acids is 1. The van der Waals surface area contributed by atoms with Crippen molar-refractivity contribution < 1.29 is 14.3 Å². The third kappa shape index (κ3) is 1.83. The first-order valence-corrected chi connectivity index (χ1v) is 7.00. The summed E-state index contributed by atoms with van der Waals surface area (Å²) in [6.07, 6.45) is 6.58. The molecule has 102 valence electrons. The highest BCUT2D eigenvalue weighted by Crippen LogP contribution is 2.51. The van der Waals surface area contributed by atoms with E-state index in [9.17, 15) is 4.79 Å². The minimum atomic E-state index is 0.0481. The van der Waals surface area contributed by atoms with Crippen LogP contribution in [0.3, 0.4) is 0 Å². The molecule has 1 aromatic rings. The molecule has 19 heavy (non-hydrogen) atoms. The fourth-order valence-corrected chi connectivity index (χ4v) is 3.74. The maximum Gasteiger partial charge on any atom is 0.167 e. The highest BCUT2D eigenvalue weighted by atomic mass is 16.5. The Morgan fingerprint density at radius 3 is 2.42 bits per heavy atom. The van der Waals surface area contributed by atoms with Gasteiger partial charge >= 0.3 is 0 Å². The van der Waals surface area contributed by atoms with Crippen LogP contribution < -0.4 is 9.47 Å². The Morgan fingerprint density at radius 2 is 1.79 bits per heavy atom. The maximum absolute atomic E-state index is 12.4. The van der Waals surface area contributed by atoms with Crippen LogP contribution in [0.2, 0.25) is 0 Å². The molecule has 2 aliphatic rings. The number of carbonyl (C=O) groups is 1. The van der Waals surface area contributed by atoms with E-state index < -0.39 is 0 Å². The largest absolute Gasteiger partial charge is 0.497 e. The predicted molar refractivity (Wildman–Crippen MR) is 73.3 cm³/mol. The van der Waals surface area contributed by atoms with E-state index in [2.05, 4.69) is 0 Å². The van der Waals surface area contributed by atoms with Crippen molar-refractivity contribution in [2.75, 3.05) is 14.2 Å². The normalized spacial score (nSPS) is 20.4. The molecule has 3 heteroatoms. The molecule has 0 atom stereocenters. The molecule has 1 fully saturated rings. The van der Waals surface area contributed by atoms with Crippen LogP contribution in [0.4, 0.5) is 0 Å². The summed E-state index contributed by atoms with van der Waals surface area (Å²) in [6, 6.07) is 3.87. The second-order valence-electron chi connectivity index (χ2n) is 5.69. The Hall–Kier alpha value is -1.51. The molecule has 0 saturated heterocycles. The van der Waals surface area contributed by atoms with Gasteiger partial charge in [0.05, 0.1) is 19.8 Å². The zero-order chi connectivity index (χ0) is 13.5. The van der Waals surface area contributed by atoms with Crippen LogP contribution in [0.1, 0.15) is 54.4 Å². The number of Topliss-reactive ketones (excluding diaryl/α,β-unsaturated/α-hetero) is 1. The average molecular weight is 260 g/mol. The van der Waals surface area contributed by atoms with Gasteiger partial charge in [0.15, 0.2) is 5.78 Å². The molecule has 3 nitrogen and oxygen atoms in total. The van der Waals surface area contributed by atoms with Crippen molar-refractivity contribution in [1.82, 2.24) is 0 Å². The summed E-state index contributed by atoms with van der Waals surface area (Å²) in [6.45, 7) is 0. The summed E-state index contributed by atoms with van der Waals surface area (Å²) < 4.78 is 10.8. The highest BCUT2D eigenvalue weighted by Gasteiger charge is 2.45. The van der Waals surface area contributed by atoms with Gasteiger partial charge in [-0.15, -0.1) is 0 Å². The van der Waals surface area contributed by atoms with Crippen LogP contribution in [-0.2, 0) is 5.41 Å². The van der Waals surface area contributed by atoms with E-state index in [0.717, 1.165) is 29.7 Å². The molecule has 0 unspecified atom stereocenters. The van der Waals surface area contributed by atoms with E-state index in [0.29, 0.717) is 12.2 Å². The minimum absolute atomic E-state index is 0.0481. The topological polar surface area (TPSA) is 35.5 Å². The van der Waals surface area contributed by atoms with Gasteiger partial charge in [0.2, 0.25) is 0 Å². The standard InChI is InChI=1S/C16H20O3/c1-18-11-8-12-15(14(9-11)19-2)13(17)10-16(12)6-4-3-5-7-16/h8-9H,3-7,10H2,1-2H3. The zero-order valence-corrected chi connectivity index (χ0v) is 11.6. The third-order valence-electron chi connectivity index (χ3n) is 4.69. The number of methoxy groups -OCH3 is 2. The summed E-state index contributed by atoms with van der Waals surface area (Å²) in [4.78, 5) is 12.4. The molecule has 0 N–H and O–H groups in total. The lowest BCUT2D eigenvalue weighted by Crippen LogP contribution is -2.26. The number of ketones is 1. The van der Waals surface area contributed by atoms with Crippen molar-refractivity contribution in [3.8, 4) is 11.5 Å². The zero-order valence-electron chi connectivity index (χ0n) is 11.6. The van der Waals surface area contributed by atoms with Gasteiger partial charge in [-0.2, -0.15) is 0 Å². The molecule has 2 aliphatic carbocycles. The number of rotatable bonds is 2. The van der Waals surface area contributed by atoms with Crippen molar-refractivity contribution in [3.05, 3.63) is 23.3 Å². The molecule has 1 aromatic carbocycles.